The summed E-state index contributed by atoms with van der Waals surface area (Å²) in [4.78, 5) is 19.1. The number of benzene rings is 1. The molecule has 0 N–H and O–H groups in total. The van der Waals surface area contributed by atoms with Crippen LogP contribution in [0.15, 0.2) is 40.9 Å². The summed E-state index contributed by atoms with van der Waals surface area (Å²) in [6.07, 6.45) is 1.04. The first-order valence-corrected chi connectivity index (χ1v) is 9.24. The molecule has 6 heteroatoms. The minimum atomic E-state index is -0.0303. The van der Waals surface area contributed by atoms with E-state index in [4.69, 9.17) is 4.52 Å². The van der Waals surface area contributed by atoms with E-state index >= 15 is 0 Å². The average molecular weight is 356 g/mol. The van der Waals surface area contributed by atoms with E-state index < -0.39 is 0 Å². The van der Waals surface area contributed by atoms with E-state index in [1.54, 1.807) is 6.07 Å². The van der Waals surface area contributed by atoms with E-state index in [1.807, 2.05) is 30.1 Å². The molecule has 0 unspecified atom stereocenters. The number of carbonyl (C=O) groups is 1. The Morgan fingerprint density at radius 1 is 1.27 bits per heavy atom. The summed E-state index contributed by atoms with van der Waals surface area (Å²) in [5.74, 6) is 0.685. The fraction of sp³-hybridized carbons (Fsp3) is 0.500. The third-order valence-corrected chi connectivity index (χ3v) is 5.03. The van der Waals surface area contributed by atoms with Crippen molar-refractivity contribution in [3.8, 4) is 0 Å². The average Bonchev–Trinajstić information content (AvgIpc) is 3.10. The van der Waals surface area contributed by atoms with Gasteiger partial charge in [0, 0.05) is 38.3 Å². The number of carbonyl (C=O) groups excluding carboxylic acids is 1. The molecule has 1 saturated heterocycles. The molecule has 0 saturated carbocycles. The number of rotatable bonds is 6. The Morgan fingerprint density at radius 2 is 2.04 bits per heavy atom. The van der Waals surface area contributed by atoms with E-state index in [-0.39, 0.29) is 5.91 Å². The molecule has 140 valence electrons. The Kier molecular flexibility index (Phi) is 6.06. The lowest BCUT2D eigenvalue weighted by molar-refractivity contribution is 0.0532. The Balaban J connectivity index is 1.58. The van der Waals surface area contributed by atoms with Crippen LogP contribution in [0.1, 0.15) is 35.2 Å². The van der Waals surface area contributed by atoms with Gasteiger partial charge >= 0.3 is 0 Å². The molecule has 1 amide bonds. The highest BCUT2D eigenvalue weighted by Crippen LogP contribution is 2.15. The monoisotopic (exact) mass is 356 g/mol. The lowest BCUT2D eigenvalue weighted by Crippen LogP contribution is -2.53. The predicted octanol–water partition coefficient (Wildman–Crippen LogP) is 2.47. The summed E-state index contributed by atoms with van der Waals surface area (Å²) < 4.78 is 5.41. The van der Waals surface area contributed by atoms with Gasteiger partial charge in [-0.1, -0.05) is 42.4 Å². The zero-order valence-electron chi connectivity index (χ0n) is 15.9. The van der Waals surface area contributed by atoms with Gasteiger partial charge in [0.1, 0.15) is 0 Å². The van der Waals surface area contributed by atoms with E-state index in [9.17, 15) is 4.79 Å². The van der Waals surface area contributed by atoms with Crippen molar-refractivity contribution in [3.05, 3.63) is 53.4 Å². The van der Waals surface area contributed by atoms with Gasteiger partial charge in [-0.25, -0.2) is 0 Å². The highest BCUT2D eigenvalue weighted by molar-refractivity contribution is 5.92. The van der Waals surface area contributed by atoms with Crippen LogP contribution < -0.4 is 0 Å². The number of likely N-dealkylation sites (N-methyl/N-ethyl adjacent to an activating group) is 1. The van der Waals surface area contributed by atoms with Gasteiger partial charge in [-0.3, -0.25) is 14.6 Å². The molecule has 0 radical (unpaired) electrons. The first kappa shape index (κ1) is 18.6. The SMILES string of the molecule is CC[C@@H]1CN(C(=O)c2cc(CN(C)Cc3ccccc3)on2)CCN1C. The number of hydrogen-bond acceptors (Lipinski definition) is 5. The van der Waals surface area contributed by atoms with Gasteiger partial charge in [0.2, 0.25) is 0 Å². The molecule has 0 bridgehead atoms. The molecule has 6 nitrogen and oxygen atoms in total. The zero-order chi connectivity index (χ0) is 18.5. The van der Waals surface area contributed by atoms with Crippen LogP contribution in [0.3, 0.4) is 0 Å². The van der Waals surface area contributed by atoms with Gasteiger partial charge in [0.25, 0.3) is 5.91 Å². The van der Waals surface area contributed by atoms with Gasteiger partial charge < -0.3 is 9.42 Å². The Labute approximate surface area is 155 Å². The highest BCUT2D eigenvalue weighted by Gasteiger charge is 2.28. The maximum Gasteiger partial charge on any atom is 0.276 e. The fourth-order valence-electron chi connectivity index (χ4n) is 3.44. The van der Waals surface area contributed by atoms with Crippen LogP contribution in [0.25, 0.3) is 0 Å². The molecule has 0 aliphatic carbocycles. The molecule has 1 atom stereocenters. The van der Waals surface area contributed by atoms with Crippen molar-refractivity contribution >= 4 is 5.91 Å². The molecular formula is C20H28N4O2. The second-order valence-electron chi connectivity index (χ2n) is 7.13. The van der Waals surface area contributed by atoms with Crippen molar-refractivity contribution < 1.29 is 9.32 Å². The minimum absolute atomic E-state index is 0.0303. The minimum Gasteiger partial charge on any atom is -0.359 e. The Hall–Kier alpha value is -2.18. The normalized spacial score (nSPS) is 18.5. The smallest absolute Gasteiger partial charge is 0.276 e. The molecule has 1 fully saturated rings. The van der Waals surface area contributed by atoms with Gasteiger partial charge in [0.15, 0.2) is 11.5 Å². The molecule has 0 spiro atoms. The summed E-state index contributed by atoms with van der Waals surface area (Å²) in [6.45, 7) is 5.99. The van der Waals surface area contributed by atoms with Gasteiger partial charge in [-0.15, -0.1) is 0 Å². The van der Waals surface area contributed by atoms with E-state index in [0.717, 1.165) is 32.6 Å². The number of amides is 1. The van der Waals surface area contributed by atoms with Gasteiger partial charge in [-0.05, 0) is 26.1 Å². The topological polar surface area (TPSA) is 52.8 Å². The van der Waals surface area contributed by atoms with E-state index in [1.165, 1.54) is 5.56 Å². The summed E-state index contributed by atoms with van der Waals surface area (Å²) in [7, 11) is 4.15. The lowest BCUT2D eigenvalue weighted by Gasteiger charge is -2.38. The van der Waals surface area contributed by atoms with Crippen LogP contribution in [-0.4, -0.2) is 65.5 Å². The van der Waals surface area contributed by atoms with Crippen LogP contribution in [0.4, 0.5) is 0 Å². The van der Waals surface area contributed by atoms with Gasteiger partial charge in [0.05, 0.1) is 6.54 Å². The van der Waals surface area contributed by atoms with Crippen LogP contribution >= 0.6 is 0 Å². The molecule has 1 aliphatic heterocycles. The number of hydrogen-bond donors (Lipinski definition) is 0. The number of nitrogens with zero attached hydrogens (tertiary/aromatic N) is 4. The first-order valence-electron chi connectivity index (χ1n) is 9.24. The standard InChI is InChI=1S/C20H28N4O2/c1-4-17-14-24(11-10-23(17)3)20(25)19-12-18(26-21-19)15-22(2)13-16-8-6-5-7-9-16/h5-9,12,17H,4,10-11,13-15H2,1-3H3/t17-/m1/s1. The predicted molar refractivity (Wildman–Crippen MR) is 101 cm³/mol. The molecular weight excluding hydrogens is 328 g/mol. The Bertz CT molecular complexity index is 716. The van der Waals surface area contributed by atoms with Crippen LogP contribution in [0.2, 0.25) is 0 Å². The number of piperazine rings is 1. The summed E-state index contributed by atoms with van der Waals surface area (Å²) in [5.41, 5.74) is 1.65. The van der Waals surface area contributed by atoms with E-state index in [2.05, 4.69) is 41.1 Å². The zero-order valence-corrected chi connectivity index (χ0v) is 15.9. The second-order valence-corrected chi connectivity index (χ2v) is 7.13. The van der Waals surface area contributed by atoms with Crippen LogP contribution in [0, 0.1) is 0 Å². The van der Waals surface area contributed by atoms with Crippen molar-refractivity contribution in [3.63, 3.8) is 0 Å². The molecule has 2 heterocycles. The van der Waals surface area contributed by atoms with Gasteiger partial charge in [-0.2, -0.15) is 0 Å². The first-order chi connectivity index (χ1) is 12.6. The lowest BCUT2D eigenvalue weighted by atomic mass is 10.1. The molecule has 1 aromatic heterocycles. The molecule has 3 rings (SSSR count). The maximum atomic E-state index is 12.7. The third-order valence-electron chi connectivity index (χ3n) is 5.03. The van der Waals surface area contributed by atoms with E-state index in [0.29, 0.717) is 24.0 Å². The molecule has 1 aromatic carbocycles. The van der Waals surface area contributed by atoms with Crippen molar-refractivity contribution in [2.45, 2.75) is 32.5 Å². The summed E-state index contributed by atoms with van der Waals surface area (Å²) >= 11 is 0. The van der Waals surface area contributed by atoms with Crippen molar-refractivity contribution in [1.29, 1.82) is 0 Å². The highest BCUT2D eigenvalue weighted by atomic mass is 16.5. The van der Waals surface area contributed by atoms with Crippen LogP contribution in [-0.2, 0) is 13.1 Å². The summed E-state index contributed by atoms with van der Waals surface area (Å²) in [6, 6.07) is 12.5. The number of aromatic nitrogens is 1. The third kappa shape index (κ3) is 4.51. The van der Waals surface area contributed by atoms with Crippen LogP contribution in [0.5, 0.6) is 0 Å². The molecule has 1 aliphatic rings. The fourth-order valence-corrected chi connectivity index (χ4v) is 3.44. The largest absolute Gasteiger partial charge is 0.359 e. The molecule has 2 aromatic rings. The summed E-state index contributed by atoms with van der Waals surface area (Å²) in [5, 5.41) is 4.01. The Morgan fingerprint density at radius 3 is 2.77 bits per heavy atom. The molecule has 26 heavy (non-hydrogen) atoms. The van der Waals surface area contributed by atoms with Crippen molar-refractivity contribution in [1.82, 2.24) is 19.9 Å². The van der Waals surface area contributed by atoms with Crippen molar-refractivity contribution in [2.75, 3.05) is 33.7 Å². The second kappa shape index (κ2) is 8.47. The maximum absolute atomic E-state index is 12.7. The quantitative estimate of drug-likeness (QED) is 0.796. The van der Waals surface area contributed by atoms with Crippen molar-refractivity contribution in [2.24, 2.45) is 0 Å².